The first-order chi connectivity index (χ1) is 15.5. The SMILES string of the molecule is CN=C(NCCc1cccc(C(=O)N(C)C)c1)NCc1ccccc1CN1CCCC1=O.I. The molecule has 0 saturated carbocycles. The maximum atomic E-state index is 12.2. The number of hydrogen-bond donors (Lipinski definition) is 2. The van der Waals surface area contributed by atoms with Crippen LogP contribution in [0, 0.1) is 0 Å². The molecule has 0 aliphatic carbocycles. The van der Waals surface area contributed by atoms with Crippen LogP contribution in [0.1, 0.15) is 39.9 Å². The number of aliphatic imine (C=N–C) groups is 1. The average Bonchev–Trinajstić information content (AvgIpc) is 3.20. The monoisotopic (exact) mass is 563 g/mol. The van der Waals surface area contributed by atoms with E-state index in [1.54, 1.807) is 26.0 Å². The van der Waals surface area contributed by atoms with E-state index < -0.39 is 0 Å². The fourth-order valence-corrected chi connectivity index (χ4v) is 3.80. The molecule has 0 bridgehead atoms. The zero-order chi connectivity index (χ0) is 22.9. The summed E-state index contributed by atoms with van der Waals surface area (Å²) in [5.74, 6) is 0.964. The molecule has 0 radical (unpaired) electrons. The highest BCUT2D eigenvalue weighted by molar-refractivity contribution is 14.0. The number of nitrogens with one attached hydrogen (secondary N) is 2. The van der Waals surface area contributed by atoms with E-state index in [4.69, 9.17) is 0 Å². The second-order valence-corrected chi connectivity index (χ2v) is 8.19. The van der Waals surface area contributed by atoms with Crippen molar-refractivity contribution in [2.75, 3.05) is 34.2 Å². The van der Waals surface area contributed by atoms with Gasteiger partial charge in [-0.25, -0.2) is 0 Å². The smallest absolute Gasteiger partial charge is 0.253 e. The summed E-state index contributed by atoms with van der Waals surface area (Å²) in [6, 6.07) is 15.9. The third kappa shape index (κ3) is 7.73. The third-order valence-corrected chi connectivity index (χ3v) is 5.61. The number of carbonyl (C=O) groups is 2. The topological polar surface area (TPSA) is 77.0 Å². The number of hydrogen-bond acceptors (Lipinski definition) is 3. The molecule has 0 unspecified atom stereocenters. The van der Waals surface area contributed by atoms with Gasteiger partial charge in [-0.15, -0.1) is 24.0 Å². The van der Waals surface area contributed by atoms with Crippen molar-refractivity contribution >= 4 is 41.8 Å². The lowest BCUT2D eigenvalue weighted by atomic mass is 10.1. The number of halogens is 1. The molecule has 33 heavy (non-hydrogen) atoms. The molecule has 0 atom stereocenters. The van der Waals surface area contributed by atoms with Gasteiger partial charge in [0.25, 0.3) is 5.91 Å². The number of nitrogens with zero attached hydrogens (tertiary/aromatic N) is 3. The van der Waals surface area contributed by atoms with Gasteiger partial charge >= 0.3 is 0 Å². The average molecular weight is 563 g/mol. The summed E-state index contributed by atoms with van der Waals surface area (Å²) < 4.78 is 0. The van der Waals surface area contributed by atoms with Crippen LogP contribution in [0.25, 0.3) is 0 Å². The molecule has 1 aliphatic rings. The molecule has 0 aromatic heterocycles. The van der Waals surface area contributed by atoms with Gasteiger partial charge in [-0.3, -0.25) is 14.6 Å². The largest absolute Gasteiger partial charge is 0.356 e. The summed E-state index contributed by atoms with van der Waals surface area (Å²) in [5, 5.41) is 6.71. The fourth-order valence-electron chi connectivity index (χ4n) is 3.80. The lowest BCUT2D eigenvalue weighted by Gasteiger charge is -2.19. The molecule has 1 fully saturated rings. The van der Waals surface area contributed by atoms with Crippen LogP contribution in [0.3, 0.4) is 0 Å². The maximum Gasteiger partial charge on any atom is 0.253 e. The second-order valence-electron chi connectivity index (χ2n) is 8.19. The minimum atomic E-state index is 0. The van der Waals surface area contributed by atoms with E-state index in [1.807, 2.05) is 41.3 Å². The number of amides is 2. The Morgan fingerprint density at radius 2 is 1.85 bits per heavy atom. The van der Waals surface area contributed by atoms with Crippen LogP contribution in [0.15, 0.2) is 53.5 Å². The first kappa shape index (κ1) is 26.6. The quantitative estimate of drug-likeness (QED) is 0.294. The van der Waals surface area contributed by atoms with Gasteiger partial charge in [-0.05, 0) is 41.7 Å². The predicted octanol–water partition coefficient (Wildman–Crippen LogP) is 3.04. The van der Waals surface area contributed by atoms with Crippen molar-refractivity contribution in [3.8, 4) is 0 Å². The summed E-state index contributed by atoms with van der Waals surface area (Å²) in [6.45, 7) is 2.82. The van der Waals surface area contributed by atoms with Crippen LogP contribution in [-0.2, 0) is 24.3 Å². The van der Waals surface area contributed by atoms with Gasteiger partial charge < -0.3 is 20.4 Å². The lowest BCUT2D eigenvalue weighted by Crippen LogP contribution is -2.38. The van der Waals surface area contributed by atoms with Gasteiger partial charge in [0.1, 0.15) is 0 Å². The Labute approximate surface area is 213 Å². The van der Waals surface area contributed by atoms with Gasteiger partial charge in [-0.1, -0.05) is 36.4 Å². The van der Waals surface area contributed by atoms with Crippen LogP contribution < -0.4 is 10.6 Å². The number of benzene rings is 2. The number of carbonyl (C=O) groups excluding carboxylic acids is 2. The normalized spacial score (nSPS) is 13.5. The van der Waals surface area contributed by atoms with E-state index in [9.17, 15) is 9.59 Å². The Kier molecular flexibility index (Phi) is 10.6. The van der Waals surface area contributed by atoms with Crippen molar-refractivity contribution in [3.05, 3.63) is 70.8 Å². The first-order valence-corrected chi connectivity index (χ1v) is 11.1. The zero-order valence-electron chi connectivity index (χ0n) is 19.6. The molecule has 1 saturated heterocycles. The van der Waals surface area contributed by atoms with Crippen LogP contribution >= 0.6 is 24.0 Å². The van der Waals surface area contributed by atoms with Crippen molar-refractivity contribution in [2.24, 2.45) is 4.99 Å². The van der Waals surface area contributed by atoms with Gasteiger partial charge in [-0.2, -0.15) is 0 Å². The Morgan fingerprint density at radius 3 is 2.52 bits per heavy atom. The summed E-state index contributed by atoms with van der Waals surface area (Å²) in [5.41, 5.74) is 4.11. The van der Waals surface area contributed by atoms with E-state index in [2.05, 4.69) is 27.8 Å². The first-order valence-electron chi connectivity index (χ1n) is 11.1. The van der Waals surface area contributed by atoms with E-state index in [-0.39, 0.29) is 35.8 Å². The Hall–Kier alpha value is -2.62. The van der Waals surface area contributed by atoms with Crippen molar-refractivity contribution in [1.29, 1.82) is 0 Å². The highest BCUT2D eigenvalue weighted by atomic mass is 127. The minimum absolute atomic E-state index is 0. The van der Waals surface area contributed by atoms with Crippen LogP contribution in [0.5, 0.6) is 0 Å². The fraction of sp³-hybridized carbons (Fsp3) is 0.400. The summed E-state index contributed by atoms with van der Waals surface area (Å²) >= 11 is 0. The lowest BCUT2D eigenvalue weighted by molar-refractivity contribution is -0.128. The van der Waals surface area contributed by atoms with E-state index in [0.29, 0.717) is 31.6 Å². The van der Waals surface area contributed by atoms with Crippen molar-refractivity contribution in [1.82, 2.24) is 20.4 Å². The maximum absolute atomic E-state index is 12.2. The predicted molar refractivity (Wildman–Crippen MR) is 143 cm³/mol. The van der Waals surface area contributed by atoms with Gasteiger partial charge in [0.15, 0.2) is 5.96 Å². The summed E-state index contributed by atoms with van der Waals surface area (Å²) in [7, 11) is 5.27. The van der Waals surface area contributed by atoms with Crippen molar-refractivity contribution < 1.29 is 9.59 Å². The van der Waals surface area contributed by atoms with Crippen LogP contribution in [0.4, 0.5) is 0 Å². The molecule has 3 rings (SSSR count). The van der Waals surface area contributed by atoms with E-state index in [1.165, 1.54) is 0 Å². The highest BCUT2D eigenvalue weighted by Crippen LogP contribution is 2.17. The molecule has 2 aromatic rings. The zero-order valence-corrected chi connectivity index (χ0v) is 22.0. The minimum Gasteiger partial charge on any atom is -0.356 e. The van der Waals surface area contributed by atoms with Crippen molar-refractivity contribution in [3.63, 3.8) is 0 Å². The van der Waals surface area contributed by atoms with Crippen LogP contribution in [-0.4, -0.2) is 61.8 Å². The Morgan fingerprint density at radius 1 is 1.09 bits per heavy atom. The molecule has 178 valence electrons. The van der Waals surface area contributed by atoms with Gasteiger partial charge in [0.2, 0.25) is 5.91 Å². The molecule has 1 heterocycles. The molecule has 2 N–H and O–H groups in total. The molecule has 7 nitrogen and oxygen atoms in total. The van der Waals surface area contributed by atoms with Crippen molar-refractivity contribution in [2.45, 2.75) is 32.4 Å². The molecule has 1 aliphatic heterocycles. The molecular formula is C25H34IN5O2. The number of guanidine groups is 1. The standard InChI is InChI=1S/C25H33N5O2.HI/c1-26-25(27-14-13-19-8-6-11-20(16-19)24(32)29(2)3)28-17-21-9-4-5-10-22(21)18-30-15-7-12-23(30)31;/h4-6,8-11,16H,7,12-15,17-18H2,1-3H3,(H2,26,27,28);1H. The second kappa shape index (κ2) is 13.2. The third-order valence-electron chi connectivity index (χ3n) is 5.61. The number of likely N-dealkylation sites (tertiary alicyclic amines) is 1. The van der Waals surface area contributed by atoms with E-state index >= 15 is 0 Å². The molecule has 2 aromatic carbocycles. The Bertz CT molecular complexity index is 977. The number of rotatable bonds is 8. The molecular weight excluding hydrogens is 529 g/mol. The molecule has 2 amide bonds. The highest BCUT2D eigenvalue weighted by Gasteiger charge is 2.20. The molecule has 0 spiro atoms. The van der Waals surface area contributed by atoms with E-state index in [0.717, 1.165) is 42.0 Å². The molecule has 8 heteroatoms. The van der Waals surface area contributed by atoms with Crippen LogP contribution in [0.2, 0.25) is 0 Å². The summed E-state index contributed by atoms with van der Waals surface area (Å²) in [4.78, 5) is 32.0. The van der Waals surface area contributed by atoms with Gasteiger partial charge in [0, 0.05) is 59.3 Å². The Balaban J connectivity index is 0.00000385. The summed E-state index contributed by atoms with van der Waals surface area (Å²) in [6.07, 6.45) is 2.38. The van der Waals surface area contributed by atoms with Gasteiger partial charge in [0.05, 0.1) is 0 Å².